The molecule has 17 nitrogen and oxygen atoms in total. The molecule has 5 aromatic rings. The Hall–Kier alpha value is -8.72. The van der Waals surface area contributed by atoms with Gasteiger partial charge in [-0.3, -0.25) is 24.0 Å². The molecule has 310 valence electrons. The van der Waals surface area contributed by atoms with Gasteiger partial charge in [-0.15, -0.1) is 0 Å². The fourth-order valence-corrected chi connectivity index (χ4v) is 5.71. The number of anilines is 4. The van der Waals surface area contributed by atoms with Crippen LogP contribution in [0.5, 0.6) is 23.0 Å². The molecule has 0 saturated carbocycles. The lowest BCUT2D eigenvalue weighted by atomic mass is 10.0. The number of carbonyl (C=O) groups excluding carboxylic acids is 5. The Labute approximate surface area is 346 Å². The Morgan fingerprint density at radius 1 is 0.623 bits per heavy atom. The first-order chi connectivity index (χ1) is 29.1. The maximum atomic E-state index is 13.3. The summed E-state index contributed by atoms with van der Waals surface area (Å²) in [5.41, 5.74) is 0.709. The first-order valence-corrected chi connectivity index (χ1v) is 17.8. The van der Waals surface area contributed by atoms with Crippen LogP contribution in [0.1, 0.15) is 53.9 Å². The fraction of sp³-hybridized carbons (Fsp3) is 0.0930. The van der Waals surface area contributed by atoms with Crippen LogP contribution in [0.15, 0.2) is 103 Å². The Balaban J connectivity index is 1.14. The molecule has 0 saturated heterocycles. The number of carbonyl (C=O) groups is 6. The van der Waals surface area contributed by atoms with Gasteiger partial charge in [-0.2, -0.15) is 5.26 Å². The minimum atomic E-state index is -1.42. The van der Waals surface area contributed by atoms with Crippen LogP contribution in [0, 0.1) is 17.1 Å². The van der Waals surface area contributed by atoms with Crippen molar-refractivity contribution >= 4 is 63.8 Å². The van der Waals surface area contributed by atoms with Gasteiger partial charge >= 0.3 is 5.97 Å². The summed E-state index contributed by atoms with van der Waals surface area (Å²) in [6, 6.07) is 23.3. The zero-order valence-electron chi connectivity index (χ0n) is 32.4. The second kappa shape index (κ2) is 19.1. The normalized spacial score (nSPS) is 10.9. The average Bonchev–Trinajstić information content (AvgIpc) is 3.23. The first kappa shape index (κ1) is 43.4. The summed E-state index contributed by atoms with van der Waals surface area (Å²) in [5, 5.41) is 52.6. The summed E-state index contributed by atoms with van der Waals surface area (Å²) in [4.78, 5) is 75.6. The third kappa shape index (κ3) is 10.2. The van der Waals surface area contributed by atoms with Crippen molar-refractivity contribution in [2.24, 2.45) is 0 Å². The van der Waals surface area contributed by atoms with Crippen molar-refractivity contribution in [2.75, 3.05) is 42.0 Å². The Bertz CT molecular complexity index is 2620. The standard InChI is InChI=1S/C43H35FN6O11/c1-22(23-4-10-26(44)11-5-23)31(20-45)42(57)48-28-14-6-24(7-15-28)39(54)46-21-34(51)47-27-12-8-25(9-13-27)40(55)49-32-18-16-29(35(52)37(32)60-2)41(56)50-33-19-17-30(43(58)59)36(53)38(33)61-3/h4-19,52-53H,21H2,1-3H3,(H,46,54)(H,47,51)(H,48,57)(H,49,55)(H,50,56)(H,58,59)/b31-22+. The fourth-order valence-electron chi connectivity index (χ4n) is 5.71. The molecule has 0 aliphatic heterocycles. The smallest absolute Gasteiger partial charge is 0.339 e. The number of methoxy groups -OCH3 is 2. The van der Waals surface area contributed by atoms with Gasteiger partial charge in [-0.1, -0.05) is 12.1 Å². The SMILES string of the molecule is COc1c(NC(=O)c2ccc(NC(=O)c3ccc(NC(=O)CNC(=O)c4ccc(NC(=O)/C(C#N)=C(\C)c5ccc(F)cc5)cc4)cc3)c(OC)c2O)ccc(C(=O)O)c1O. The molecule has 0 bridgehead atoms. The number of phenolic OH excluding ortho intramolecular Hbond substituents is 1. The van der Waals surface area contributed by atoms with E-state index in [9.17, 15) is 53.7 Å². The van der Waals surface area contributed by atoms with Crippen molar-refractivity contribution in [2.45, 2.75) is 6.92 Å². The number of hydrogen-bond acceptors (Lipinski definition) is 11. The van der Waals surface area contributed by atoms with E-state index >= 15 is 0 Å². The number of ether oxygens (including phenoxy) is 2. The monoisotopic (exact) mass is 830 g/mol. The summed E-state index contributed by atoms with van der Waals surface area (Å²) < 4.78 is 23.6. The van der Waals surface area contributed by atoms with Crippen LogP contribution in [-0.4, -0.2) is 71.6 Å². The number of carboxylic acids is 1. The van der Waals surface area contributed by atoms with Gasteiger partial charge in [0.2, 0.25) is 5.91 Å². The van der Waals surface area contributed by atoms with Crippen LogP contribution in [0.4, 0.5) is 27.1 Å². The minimum absolute atomic E-state index is 0.00557. The van der Waals surface area contributed by atoms with Gasteiger partial charge < -0.3 is 51.4 Å². The van der Waals surface area contributed by atoms with Crippen LogP contribution in [-0.2, 0) is 9.59 Å². The third-order valence-corrected chi connectivity index (χ3v) is 8.88. The van der Waals surface area contributed by atoms with Crippen LogP contribution < -0.4 is 36.1 Å². The number of nitrogens with zero attached hydrogens (tertiary/aromatic N) is 1. The zero-order valence-corrected chi connectivity index (χ0v) is 32.4. The Morgan fingerprint density at radius 2 is 1.10 bits per heavy atom. The number of nitriles is 1. The number of aromatic hydroxyl groups is 2. The van der Waals surface area contributed by atoms with Crippen molar-refractivity contribution in [3.05, 3.63) is 136 Å². The van der Waals surface area contributed by atoms with Gasteiger partial charge in [0.15, 0.2) is 23.0 Å². The molecular weight excluding hydrogens is 796 g/mol. The number of amides is 5. The summed E-state index contributed by atoms with van der Waals surface area (Å²) in [6.45, 7) is 1.15. The second-order valence-corrected chi connectivity index (χ2v) is 12.8. The van der Waals surface area contributed by atoms with E-state index < -0.39 is 64.9 Å². The first-order valence-electron chi connectivity index (χ1n) is 17.8. The molecule has 61 heavy (non-hydrogen) atoms. The van der Waals surface area contributed by atoms with Crippen molar-refractivity contribution in [1.82, 2.24) is 5.32 Å². The van der Waals surface area contributed by atoms with E-state index in [-0.39, 0.29) is 45.1 Å². The van der Waals surface area contributed by atoms with Gasteiger partial charge in [0.25, 0.3) is 23.6 Å². The summed E-state index contributed by atoms with van der Waals surface area (Å²) >= 11 is 0. The highest BCUT2D eigenvalue weighted by Gasteiger charge is 2.24. The largest absolute Gasteiger partial charge is 0.504 e. The van der Waals surface area contributed by atoms with Crippen LogP contribution in [0.3, 0.4) is 0 Å². The maximum absolute atomic E-state index is 13.3. The molecular formula is C43H35FN6O11. The number of benzene rings is 5. The van der Waals surface area contributed by atoms with E-state index in [0.717, 1.165) is 13.2 Å². The van der Waals surface area contributed by atoms with Gasteiger partial charge in [-0.25, -0.2) is 9.18 Å². The summed E-state index contributed by atoms with van der Waals surface area (Å²) in [5.74, 6) is -7.24. The molecule has 0 aliphatic rings. The molecule has 0 aliphatic carbocycles. The van der Waals surface area contributed by atoms with Crippen LogP contribution >= 0.6 is 0 Å². The molecule has 0 fully saturated rings. The Morgan fingerprint density at radius 3 is 1.62 bits per heavy atom. The van der Waals surface area contributed by atoms with Crippen LogP contribution in [0.25, 0.3) is 5.57 Å². The lowest BCUT2D eigenvalue weighted by molar-refractivity contribution is -0.115. The summed E-state index contributed by atoms with van der Waals surface area (Å²) in [6.07, 6.45) is 0. The lowest BCUT2D eigenvalue weighted by Crippen LogP contribution is -2.32. The number of halogens is 1. The third-order valence-electron chi connectivity index (χ3n) is 8.88. The molecule has 5 aromatic carbocycles. The molecule has 0 heterocycles. The van der Waals surface area contributed by atoms with Gasteiger partial charge in [0.1, 0.15) is 23.0 Å². The molecule has 18 heteroatoms. The quantitative estimate of drug-likeness (QED) is 0.0491. The average molecular weight is 831 g/mol. The van der Waals surface area contributed by atoms with Crippen LogP contribution in [0.2, 0.25) is 0 Å². The molecule has 5 rings (SSSR count). The highest BCUT2D eigenvalue weighted by molar-refractivity contribution is 6.12. The minimum Gasteiger partial charge on any atom is -0.504 e. The topological polar surface area (TPSA) is 266 Å². The number of carboxylic acid groups (broad SMARTS) is 1. The van der Waals surface area contributed by atoms with E-state index in [1.165, 1.54) is 98.1 Å². The van der Waals surface area contributed by atoms with Crippen molar-refractivity contribution in [1.29, 1.82) is 5.26 Å². The number of allylic oxidation sites excluding steroid dienone is 1. The van der Waals surface area contributed by atoms with Gasteiger partial charge in [0, 0.05) is 22.5 Å². The predicted molar refractivity (Wildman–Crippen MR) is 219 cm³/mol. The van der Waals surface area contributed by atoms with Crippen molar-refractivity contribution in [3.8, 4) is 29.1 Å². The maximum Gasteiger partial charge on any atom is 0.339 e. The molecule has 0 spiro atoms. The second-order valence-electron chi connectivity index (χ2n) is 12.8. The van der Waals surface area contributed by atoms with Gasteiger partial charge in [-0.05, 0) is 103 Å². The predicted octanol–water partition coefficient (Wildman–Crippen LogP) is 5.76. The molecule has 5 amide bonds. The van der Waals surface area contributed by atoms with E-state index in [2.05, 4.69) is 26.6 Å². The number of rotatable bonds is 14. The van der Waals surface area contributed by atoms with E-state index in [0.29, 0.717) is 22.5 Å². The number of hydrogen-bond donors (Lipinski definition) is 8. The number of phenols is 2. The highest BCUT2D eigenvalue weighted by atomic mass is 19.1. The Kier molecular flexibility index (Phi) is 13.6. The number of nitrogens with one attached hydrogen (secondary N) is 5. The molecule has 0 unspecified atom stereocenters. The highest BCUT2D eigenvalue weighted by Crippen LogP contribution is 2.40. The lowest BCUT2D eigenvalue weighted by Gasteiger charge is -2.16. The van der Waals surface area contributed by atoms with E-state index in [1.54, 1.807) is 6.92 Å². The molecule has 0 radical (unpaired) electrons. The van der Waals surface area contributed by atoms with Crippen molar-refractivity contribution in [3.63, 3.8) is 0 Å². The molecule has 0 atom stereocenters. The van der Waals surface area contributed by atoms with E-state index in [1.807, 2.05) is 6.07 Å². The number of aromatic carboxylic acids is 1. The zero-order chi connectivity index (χ0) is 44.4. The summed E-state index contributed by atoms with van der Waals surface area (Å²) in [7, 11) is 2.36. The molecule has 0 aromatic heterocycles. The van der Waals surface area contributed by atoms with Gasteiger partial charge in [0.05, 0.1) is 37.7 Å². The van der Waals surface area contributed by atoms with Crippen molar-refractivity contribution < 1.29 is 58.0 Å². The van der Waals surface area contributed by atoms with E-state index in [4.69, 9.17) is 9.47 Å². The molecule has 8 N–H and O–H groups in total.